The number of ether oxygens (including phenoxy) is 1. The third-order valence-corrected chi connectivity index (χ3v) is 4.37. The highest BCUT2D eigenvalue weighted by Crippen LogP contribution is 2.27. The number of rotatable bonds is 6. The second kappa shape index (κ2) is 8.19. The minimum Gasteiger partial charge on any atom is -0.492 e. The number of halogens is 2. The maximum absolute atomic E-state index is 13.9. The standard InChI is InChI=1S/C19H18ClFN2O3/c20-14-5-7-15(8-6-14)26-10-9-22-19(25)13-11-18(24)23(12-13)17-4-2-1-3-16(17)21/h1-8,13H,9-12H2,(H,22,25). The lowest BCUT2D eigenvalue weighted by atomic mass is 10.1. The van der Waals surface area contributed by atoms with Crippen molar-refractivity contribution in [1.29, 1.82) is 0 Å². The van der Waals surface area contributed by atoms with Crippen molar-refractivity contribution in [2.75, 3.05) is 24.6 Å². The fourth-order valence-electron chi connectivity index (χ4n) is 2.80. The summed E-state index contributed by atoms with van der Waals surface area (Å²) in [6.07, 6.45) is 0.0677. The van der Waals surface area contributed by atoms with Crippen LogP contribution in [0.2, 0.25) is 5.02 Å². The normalized spacial score (nSPS) is 16.6. The molecule has 0 aromatic heterocycles. The van der Waals surface area contributed by atoms with E-state index in [1.807, 2.05) is 0 Å². The molecule has 3 rings (SSSR count). The van der Waals surface area contributed by atoms with E-state index in [-0.39, 0.29) is 30.5 Å². The molecule has 2 aromatic rings. The molecular weight excluding hydrogens is 359 g/mol. The molecule has 136 valence electrons. The molecule has 0 spiro atoms. The Morgan fingerprint density at radius 2 is 1.96 bits per heavy atom. The van der Waals surface area contributed by atoms with Gasteiger partial charge in [-0.2, -0.15) is 0 Å². The number of anilines is 1. The van der Waals surface area contributed by atoms with Crippen molar-refractivity contribution in [2.24, 2.45) is 5.92 Å². The predicted octanol–water partition coefficient (Wildman–Crippen LogP) is 3.03. The number of nitrogens with one attached hydrogen (secondary N) is 1. The quantitative estimate of drug-likeness (QED) is 0.788. The van der Waals surface area contributed by atoms with Gasteiger partial charge < -0.3 is 15.0 Å². The average molecular weight is 377 g/mol. The molecule has 0 saturated carbocycles. The average Bonchev–Trinajstić information content (AvgIpc) is 3.02. The third kappa shape index (κ3) is 4.32. The highest BCUT2D eigenvalue weighted by molar-refractivity contribution is 6.30. The van der Waals surface area contributed by atoms with Gasteiger partial charge in [0.2, 0.25) is 11.8 Å². The van der Waals surface area contributed by atoms with E-state index in [0.29, 0.717) is 23.9 Å². The number of carbonyl (C=O) groups excluding carboxylic acids is 2. The molecule has 1 aliphatic heterocycles. The molecule has 1 N–H and O–H groups in total. The molecule has 1 aliphatic rings. The van der Waals surface area contributed by atoms with Crippen LogP contribution in [-0.4, -0.2) is 31.5 Å². The third-order valence-electron chi connectivity index (χ3n) is 4.12. The largest absolute Gasteiger partial charge is 0.492 e. The second-order valence-electron chi connectivity index (χ2n) is 5.95. The first kappa shape index (κ1) is 18.2. The van der Waals surface area contributed by atoms with Crippen molar-refractivity contribution < 1.29 is 18.7 Å². The summed E-state index contributed by atoms with van der Waals surface area (Å²) < 4.78 is 19.4. The van der Waals surface area contributed by atoms with Gasteiger partial charge in [-0.3, -0.25) is 9.59 Å². The molecule has 1 fully saturated rings. The fourth-order valence-corrected chi connectivity index (χ4v) is 2.93. The van der Waals surface area contributed by atoms with Crippen molar-refractivity contribution in [3.63, 3.8) is 0 Å². The van der Waals surface area contributed by atoms with Crippen LogP contribution in [0.15, 0.2) is 48.5 Å². The number of amides is 2. The van der Waals surface area contributed by atoms with Crippen LogP contribution in [0.3, 0.4) is 0 Å². The van der Waals surface area contributed by atoms with Crippen LogP contribution >= 0.6 is 11.6 Å². The van der Waals surface area contributed by atoms with Gasteiger partial charge in [0.15, 0.2) is 0 Å². The zero-order valence-electron chi connectivity index (χ0n) is 14.0. The summed E-state index contributed by atoms with van der Waals surface area (Å²) >= 11 is 5.80. The molecule has 2 aromatic carbocycles. The zero-order valence-corrected chi connectivity index (χ0v) is 14.7. The molecule has 1 atom stereocenters. The summed E-state index contributed by atoms with van der Waals surface area (Å²) in [5.74, 6) is -0.814. The molecule has 2 amide bonds. The number of para-hydroxylation sites is 1. The number of hydrogen-bond acceptors (Lipinski definition) is 3. The van der Waals surface area contributed by atoms with Crippen molar-refractivity contribution in [1.82, 2.24) is 5.32 Å². The Hall–Kier alpha value is -2.60. The second-order valence-corrected chi connectivity index (χ2v) is 6.39. The van der Waals surface area contributed by atoms with Crippen LogP contribution in [0, 0.1) is 11.7 Å². The van der Waals surface area contributed by atoms with Gasteiger partial charge >= 0.3 is 0 Å². The van der Waals surface area contributed by atoms with Gasteiger partial charge in [0.1, 0.15) is 18.2 Å². The number of nitrogens with zero attached hydrogens (tertiary/aromatic N) is 1. The summed E-state index contributed by atoms with van der Waals surface area (Å²) in [5.41, 5.74) is 0.207. The molecule has 26 heavy (non-hydrogen) atoms. The number of hydrogen-bond donors (Lipinski definition) is 1. The molecule has 7 heteroatoms. The van der Waals surface area contributed by atoms with Crippen molar-refractivity contribution in [2.45, 2.75) is 6.42 Å². The Labute approximate surface area is 155 Å². The van der Waals surface area contributed by atoms with Gasteiger partial charge in [-0.15, -0.1) is 0 Å². The van der Waals surface area contributed by atoms with E-state index in [9.17, 15) is 14.0 Å². The molecule has 1 unspecified atom stereocenters. The van der Waals surface area contributed by atoms with E-state index in [4.69, 9.17) is 16.3 Å². The number of carbonyl (C=O) groups is 2. The van der Waals surface area contributed by atoms with Crippen LogP contribution in [0.4, 0.5) is 10.1 Å². The molecular formula is C19H18ClFN2O3. The van der Waals surface area contributed by atoms with Gasteiger partial charge in [-0.05, 0) is 36.4 Å². The van der Waals surface area contributed by atoms with Crippen LogP contribution in [0.5, 0.6) is 5.75 Å². The lowest BCUT2D eigenvalue weighted by Gasteiger charge is -2.17. The first-order valence-electron chi connectivity index (χ1n) is 8.25. The summed E-state index contributed by atoms with van der Waals surface area (Å²) in [7, 11) is 0. The van der Waals surface area contributed by atoms with Gasteiger partial charge in [-0.1, -0.05) is 23.7 Å². The Kier molecular flexibility index (Phi) is 5.73. The first-order chi connectivity index (χ1) is 12.5. The molecule has 1 heterocycles. The van der Waals surface area contributed by atoms with Crippen LogP contribution in [0.1, 0.15) is 6.42 Å². The Morgan fingerprint density at radius 3 is 2.69 bits per heavy atom. The van der Waals surface area contributed by atoms with Crippen LogP contribution in [0.25, 0.3) is 0 Å². The first-order valence-corrected chi connectivity index (χ1v) is 8.63. The molecule has 5 nitrogen and oxygen atoms in total. The lowest BCUT2D eigenvalue weighted by Crippen LogP contribution is -2.35. The Morgan fingerprint density at radius 1 is 1.23 bits per heavy atom. The van der Waals surface area contributed by atoms with Gasteiger partial charge in [-0.25, -0.2) is 4.39 Å². The predicted molar refractivity (Wildman–Crippen MR) is 96.8 cm³/mol. The smallest absolute Gasteiger partial charge is 0.227 e. The maximum atomic E-state index is 13.9. The summed E-state index contributed by atoms with van der Waals surface area (Å²) in [4.78, 5) is 25.7. The van der Waals surface area contributed by atoms with E-state index >= 15 is 0 Å². The minimum absolute atomic E-state index is 0.0677. The van der Waals surface area contributed by atoms with E-state index in [1.54, 1.807) is 36.4 Å². The summed E-state index contributed by atoms with van der Waals surface area (Å²) in [6, 6.07) is 13.0. The fraction of sp³-hybridized carbons (Fsp3) is 0.263. The van der Waals surface area contributed by atoms with E-state index < -0.39 is 11.7 Å². The monoisotopic (exact) mass is 376 g/mol. The van der Waals surface area contributed by atoms with Gasteiger partial charge in [0.05, 0.1) is 18.2 Å². The van der Waals surface area contributed by atoms with Crippen molar-refractivity contribution >= 4 is 29.1 Å². The topological polar surface area (TPSA) is 58.6 Å². The van der Waals surface area contributed by atoms with Crippen LogP contribution < -0.4 is 15.0 Å². The van der Waals surface area contributed by atoms with E-state index in [0.717, 1.165) is 0 Å². The Bertz CT molecular complexity index is 798. The molecule has 1 saturated heterocycles. The molecule has 0 radical (unpaired) electrons. The van der Waals surface area contributed by atoms with E-state index in [1.165, 1.54) is 17.0 Å². The van der Waals surface area contributed by atoms with Crippen molar-refractivity contribution in [3.05, 3.63) is 59.4 Å². The Balaban J connectivity index is 1.47. The highest BCUT2D eigenvalue weighted by Gasteiger charge is 2.35. The summed E-state index contributed by atoms with van der Waals surface area (Å²) in [6.45, 7) is 0.778. The SMILES string of the molecule is O=C(NCCOc1ccc(Cl)cc1)C1CC(=O)N(c2ccccc2F)C1. The zero-order chi connectivity index (χ0) is 18.5. The maximum Gasteiger partial charge on any atom is 0.227 e. The minimum atomic E-state index is -0.502. The summed E-state index contributed by atoms with van der Waals surface area (Å²) in [5, 5.41) is 3.37. The lowest BCUT2D eigenvalue weighted by molar-refractivity contribution is -0.126. The molecule has 0 bridgehead atoms. The van der Waals surface area contributed by atoms with Gasteiger partial charge in [0.25, 0.3) is 0 Å². The number of benzene rings is 2. The van der Waals surface area contributed by atoms with Crippen molar-refractivity contribution in [3.8, 4) is 5.75 Å². The van der Waals surface area contributed by atoms with Crippen LogP contribution in [-0.2, 0) is 9.59 Å². The highest BCUT2D eigenvalue weighted by atomic mass is 35.5. The molecule has 0 aliphatic carbocycles. The van der Waals surface area contributed by atoms with Gasteiger partial charge in [0, 0.05) is 18.0 Å². The van der Waals surface area contributed by atoms with E-state index in [2.05, 4.69) is 5.32 Å².